The molecule has 0 amide bonds. The van der Waals surface area contributed by atoms with Crippen molar-refractivity contribution in [2.24, 2.45) is 10.2 Å². The molecule has 0 spiro atoms. The fourth-order valence-electron chi connectivity index (χ4n) is 4.33. The van der Waals surface area contributed by atoms with Gasteiger partial charge in [0.05, 0.1) is 46.3 Å². The normalized spacial score (nSPS) is 13.8. The number of morpholine rings is 1. The number of fused-ring (bicyclic) bond motifs is 1. The lowest BCUT2D eigenvalue weighted by Crippen LogP contribution is -2.36. The number of nitrogens with zero attached hydrogens (tertiary/aromatic N) is 4. The number of anilines is 1. The SMILES string of the molecule is COc1ccc(CCOc2cc(N=NCc3c[nH]c4ccccc34)cc(N3CCOCC3)n2)cc1OC. The lowest BCUT2D eigenvalue weighted by atomic mass is 10.1. The molecule has 5 rings (SSSR count). The van der Waals surface area contributed by atoms with Crippen molar-refractivity contribution in [3.05, 3.63) is 71.9 Å². The maximum absolute atomic E-state index is 6.07. The van der Waals surface area contributed by atoms with Crippen LogP contribution in [0, 0.1) is 0 Å². The van der Waals surface area contributed by atoms with Gasteiger partial charge >= 0.3 is 0 Å². The molecule has 2 aromatic carbocycles. The predicted octanol–water partition coefficient (Wildman–Crippen LogP) is 5.32. The van der Waals surface area contributed by atoms with Crippen molar-refractivity contribution in [2.45, 2.75) is 13.0 Å². The lowest BCUT2D eigenvalue weighted by molar-refractivity contribution is 0.122. The van der Waals surface area contributed by atoms with Crippen LogP contribution in [0.2, 0.25) is 0 Å². The highest BCUT2D eigenvalue weighted by Crippen LogP contribution is 2.29. The van der Waals surface area contributed by atoms with Crippen LogP contribution in [0.1, 0.15) is 11.1 Å². The molecule has 9 heteroatoms. The van der Waals surface area contributed by atoms with E-state index in [-0.39, 0.29) is 0 Å². The topological polar surface area (TPSA) is 93.6 Å². The number of ether oxygens (including phenoxy) is 4. The summed E-state index contributed by atoms with van der Waals surface area (Å²) in [4.78, 5) is 10.2. The lowest BCUT2D eigenvalue weighted by Gasteiger charge is -2.28. The molecule has 1 aliphatic rings. The number of azo groups is 1. The zero-order valence-electron chi connectivity index (χ0n) is 21.1. The van der Waals surface area contributed by atoms with Gasteiger partial charge in [0.2, 0.25) is 5.88 Å². The van der Waals surface area contributed by atoms with E-state index in [9.17, 15) is 0 Å². The van der Waals surface area contributed by atoms with E-state index in [2.05, 4.69) is 32.2 Å². The van der Waals surface area contributed by atoms with Crippen LogP contribution in [0.5, 0.6) is 17.4 Å². The average Bonchev–Trinajstić information content (AvgIpc) is 3.36. The summed E-state index contributed by atoms with van der Waals surface area (Å²) < 4.78 is 22.3. The third-order valence-electron chi connectivity index (χ3n) is 6.30. The summed E-state index contributed by atoms with van der Waals surface area (Å²) in [7, 11) is 3.26. The molecule has 0 atom stereocenters. The molecule has 3 heterocycles. The van der Waals surface area contributed by atoms with Gasteiger partial charge in [0.1, 0.15) is 5.82 Å². The molecule has 2 aromatic heterocycles. The number of aromatic amines is 1. The predicted molar refractivity (Wildman–Crippen MR) is 143 cm³/mol. The van der Waals surface area contributed by atoms with Crippen LogP contribution >= 0.6 is 0 Å². The molecular formula is C28H31N5O4. The number of hydrogen-bond donors (Lipinski definition) is 1. The number of rotatable bonds is 10. The summed E-state index contributed by atoms with van der Waals surface area (Å²) in [5.74, 6) is 2.73. The monoisotopic (exact) mass is 501 g/mol. The molecule has 192 valence electrons. The van der Waals surface area contributed by atoms with Crippen molar-refractivity contribution in [2.75, 3.05) is 52.0 Å². The second kappa shape index (κ2) is 11.7. The van der Waals surface area contributed by atoms with E-state index in [1.54, 1.807) is 14.2 Å². The van der Waals surface area contributed by atoms with E-state index in [1.807, 2.05) is 48.7 Å². The summed E-state index contributed by atoms with van der Waals surface area (Å²) >= 11 is 0. The Morgan fingerprint density at radius 3 is 2.68 bits per heavy atom. The molecule has 9 nitrogen and oxygen atoms in total. The first-order chi connectivity index (χ1) is 18.2. The van der Waals surface area contributed by atoms with Crippen LogP contribution in [0.25, 0.3) is 10.9 Å². The van der Waals surface area contributed by atoms with Gasteiger partial charge in [0.25, 0.3) is 0 Å². The Labute approximate surface area is 216 Å². The van der Waals surface area contributed by atoms with E-state index in [1.165, 1.54) is 0 Å². The van der Waals surface area contributed by atoms with Crippen molar-refractivity contribution in [1.82, 2.24) is 9.97 Å². The van der Waals surface area contributed by atoms with Gasteiger partial charge < -0.3 is 28.8 Å². The molecule has 0 saturated carbocycles. The first-order valence-electron chi connectivity index (χ1n) is 12.3. The zero-order valence-corrected chi connectivity index (χ0v) is 21.1. The highest BCUT2D eigenvalue weighted by molar-refractivity contribution is 5.82. The molecule has 1 fully saturated rings. The minimum absolute atomic E-state index is 0.459. The van der Waals surface area contributed by atoms with Crippen LogP contribution < -0.4 is 19.1 Å². The molecule has 37 heavy (non-hydrogen) atoms. The summed E-state index contributed by atoms with van der Waals surface area (Å²) in [5, 5.41) is 10.1. The Bertz CT molecular complexity index is 1360. The Balaban J connectivity index is 1.30. The highest BCUT2D eigenvalue weighted by Gasteiger charge is 2.15. The summed E-state index contributed by atoms with van der Waals surface area (Å²) in [6, 6.07) is 17.8. The molecule has 4 aromatic rings. The molecule has 0 bridgehead atoms. The van der Waals surface area contributed by atoms with Crippen molar-refractivity contribution in [3.63, 3.8) is 0 Å². The molecule has 1 saturated heterocycles. The number of aromatic nitrogens is 2. The molecular weight excluding hydrogens is 470 g/mol. The minimum atomic E-state index is 0.459. The number of benzene rings is 2. The highest BCUT2D eigenvalue weighted by atomic mass is 16.5. The van der Waals surface area contributed by atoms with Gasteiger partial charge in [-0.3, -0.25) is 0 Å². The molecule has 1 N–H and O–H groups in total. The fourth-order valence-corrected chi connectivity index (χ4v) is 4.33. The maximum Gasteiger partial charge on any atom is 0.217 e. The van der Waals surface area contributed by atoms with Crippen LogP contribution in [-0.4, -0.2) is 57.1 Å². The smallest absolute Gasteiger partial charge is 0.217 e. The van der Waals surface area contributed by atoms with Crippen molar-refractivity contribution in [1.29, 1.82) is 0 Å². The summed E-state index contributed by atoms with van der Waals surface area (Å²) in [5.41, 5.74) is 3.99. The van der Waals surface area contributed by atoms with Gasteiger partial charge in [-0.05, 0) is 23.8 Å². The molecule has 0 unspecified atom stereocenters. The van der Waals surface area contributed by atoms with Gasteiger partial charge in [-0.1, -0.05) is 24.3 Å². The zero-order chi connectivity index (χ0) is 25.5. The van der Waals surface area contributed by atoms with E-state index in [0.717, 1.165) is 40.9 Å². The standard InChI is InChI=1S/C28H31N5O4/c1-34-25-8-7-20(15-26(25)35-2)9-12-37-28-17-22(16-27(31-28)33-10-13-36-14-11-33)32-30-19-21-18-29-24-6-4-3-5-23(21)24/h3-8,15-18,29H,9-14,19H2,1-2H3. The Kier molecular flexibility index (Phi) is 7.81. The van der Waals surface area contributed by atoms with Gasteiger partial charge in [0, 0.05) is 54.3 Å². The van der Waals surface area contributed by atoms with Gasteiger partial charge in [0.15, 0.2) is 11.5 Å². The number of hydrogen-bond acceptors (Lipinski definition) is 8. The first kappa shape index (κ1) is 24.6. The third kappa shape index (κ3) is 6.00. The maximum atomic E-state index is 6.07. The minimum Gasteiger partial charge on any atom is -0.493 e. The number of H-pyrrole nitrogens is 1. The quantitative estimate of drug-likeness (QED) is 0.296. The van der Waals surface area contributed by atoms with Gasteiger partial charge in [-0.2, -0.15) is 15.2 Å². The van der Waals surface area contributed by atoms with Gasteiger partial charge in [-0.25, -0.2) is 0 Å². The number of para-hydroxylation sites is 1. The van der Waals surface area contributed by atoms with Crippen molar-refractivity contribution in [3.8, 4) is 17.4 Å². The molecule has 0 radical (unpaired) electrons. The Morgan fingerprint density at radius 1 is 1.00 bits per heavy atom. The third-order valence-corrected chi connectivity index (χ3v) is 6.30. The second-order valence-corrected chi connectivity index (χ2v) is 8.67. The number of pyridine rings is 1. The molecule has 0 aliphatic carbocycles. The van der Waals surface area contributed by atoms with Gasteiger partial charge in [-0.15, -0.1) is 0 Å². The van der Waals surface area contributed by atoms with Crippen LogP contribution in [-0.2, 0) is 17.7 Å². The summed E-state index contributed by atoms with van der Waals surface area (Å²) in [6.45, 7) is 3.82. The number of nitrogens with one attached hydrogen (secondary N) is 1. The number of methoxy groups -OCH3 is 2. The van der Waals surface area contributed by atoms with Crippen LogP contribution in [0.15, 0.2) is 71.0 Å². The average molecular weight is 502 g/mol. The largest absolute Gasteiger partial charge is 0.493 e. The summed E-state index contributed by atoms with van der Waals surface area (Å²) in [6.07, 6.45) is 2.68. The van der Waals surface area contributed by atoms with Crippen molar-refractivity contribution < 1.29 is 18.9 Å². The van der Waals surface area contributed by atoms with Crippen LogP contribution in [0.3, 0.4) is 0 Å². The van der Waals surface area contributed by atoms with E-state index in [0.29, 0.717) is 55.9 Å². The van der Waals surface area contributed by atoms with Crippen molar-refractivity contribution >= 4 is 22.4 Å². The first-order valence-corrected chi connectivity index (χ1v) is 12.3. The Morgan fingerprint density at radius 2 is 1.84 bits per heavy atom. The van der Waals surface area contributed by atoms with E-state index < -0.39 is 0 Å². The fraction of sp³-hybridized carbons (Fsp3) is 0.321. The molecule has 1 aliphatic heterocycles. The van der Waals surface area contributed by atoms with E-state index in [4.69, 9.17) is 23.9 Å². The van der Waals surface area contributed by atoms with Crippen LogP contribution in [0.4, 0.5) is 11.5 Å². The Hall–Kier alpha value is -4.11. The second-order valence-electron chi connectivity index (χ2n) is 8.67. The van der Waals surface area contributed by atoms with E-state index >= 15 is 0 Å².